The first kappa shape index (κ1) is 18.4. The number of carbonyl (C=O) groups is 1. The van der Waals surface area contributed by atoms with Gasteiger partial charge in [0.25, 0.3) is 0 Å². The molecule has 2 fully saturated rings. The Hall–Kier alpha value is -2.66. The highest BCUT2D eigenvalue weighted by atomic mass is 19.1. The van der Waals surface area contributed by atoms with E-state index in [1.165, 1.54) is 24.9 Å². The number of halogens is 1. The Balaban J connectivity index is 1.36. The lowest BCUT2D eigenvalue weighted by Gasteiger charge is -2.36. The van der Waals surface area contributed by atoms with Crippen LogP contribution in [0.1, 0.15) is 24.8 Å². The summed E-state index contributed by atoms with van der Waals surface area (Å²) < 4.78 is 20.8. The molecule has 5 heteroatoms. The van der Waals surface area contributed by atoms with E-state index in [0.29, 0.717) is 17.9 Å². The number of nitrogens with zero attached hydrogens (tertiary/aromatic N) is 2. The van der Waals surface area contributed by atoms with Gasteiger partial charge in [0.2, 0.25) is 0 Å². The van der Waals surface area contributed by atoms with Crippen molar-refractivity contribution in [3.63, 3.8) is 0 Å². The zero-order valence-corrected chi connectivity index (χ0v) is 16.4. The van der Waals surface area contributed by atoms with E-state index in [0.717, 1.165) is 49.0 Å². The molecule has 2 saturated heterocycles. The van der Waals surface area contributed by atoms with Gasteiger partial charge in [0.15, 0.2) is 0 Å². The molecule has 29 heavy (non-hydrogen) atoms. The highest BCUT2D eigenvalue weighted by molar-refractivity contribution is 5.86. The van der Waals surface area contributed by atoms with Crippen molar-refractivity contribution in [2.24, 2.45) is 5.92 Å². The molecule has 5 rings (SSSR count). The number of hydrogen-bond acceptors (Lipinski definition) is 4. The van der Waals surface area contributed by atoms with Gasteiger partial charge in [-0.1, -0.05) is 6.07 Å². The number of likely N-dealkylation sites (tertiary alicyclic amines) is 1. The Morgan fingerprint density at radius 1 is 1.03 bits per heavy atom. The average molecular weight is 392 g/mol. The van der Waals surface area contributed by atoms with E-state index in [4.69, 9.17) is 4.42 Å². The Labute approximate surface area is 169 Å². The number of carbonyl (C=O) groups excluding carboxylic acids is 1. The standard InChI is InChI=1S/C24H25FN2O2/c25-22-10-17(13-26-14-18(15-26)16-28)4-6-21(22)24-12-19-11-20(5-7-23(19)29-24)27-8-2-1-3-9-27/h4-7,10-12,16,18H,1-3,8-9,13-15H2. The molecule has 0 saturated carbocycles. The van der Waals surface area contributed by atoms with Gasteiger partial charge in [-0.2, -0.15) is 0 Å². The average Bonchev–Trinajstić information content (AvgIpc) is 3.14. The second-order valence-electron chi connectivity index (χ2n) is 8.28. The summed E-state index contributed by atoms with van der Waals surface area (Å²) in [5.74, 6) is 0.416. The minimum absolute atomic E-state index is 0.129. The molecule has 2 aromatic carbocycles. The minimum atomic E-state index is -0.273. The van der Waals surface area contributed by atoms with Crippen LogP contribution < -0.4 is 4.90 Å². The van der Waals surface area contributed by atoms with Crippen molar-refractivity contribution >= 4 is 22.9 Å². The van der Waals surface area contributed by atoms with Crippen LogP contribution in [0.5, 0.6) is 0 Å². The highest BCUT2D eigenvalue weighted by Gasteiger charge is 2.26. The summed E-state index contributed by atoms with van der Waals surface area (Å²) in [5.41, 5.74) is 3.39. The maximum Gasteiger partial charge on any atom is 0.138 e. The third kappa shape index (κ3) is 3.67. The van der Waals surface area contributed by atoms with Crippen molar-refractivity contribution in [2.45, 2.75) is 25.8 Å². The smallest absolute Gasteiger partial charge is 0.138 e. The van der Waals surface area contributed by atoms with Crippen molar-refractivity contribution in [1.82, 2.24) is 4.90 Å². The predicted molar refractivity (Wildman–Crippen MR) is 113 cm³/mol. The van der Waals surface area contributed by atoms with Crippen molar-refractivity contribution in [2.75, 3.05) is 31.1 Å². The lowest BCUT2D eigenvalue weighted by molar-refractivity contribution is -0.115. The molecular weight excluding hydrogens is 367 g/mol. The van der Waals surface area contributed by atoms with Gasteiger partial charge in [-0.15, -0.1) is 0 Å². The van der Waals surface area contributed by atoms with E-state index < -0.39 is 0 Å². The quantitative estimate of drug-likeness (QED) is 0.581. The van der Waals surface area contributed by atoms with Gasteiger partial charge in [0.1, 0.15) is 23.4 Å². The van der Waals surface area contributed by atoms with Gasteiger partial charge in [0.05, 0.1) is 5.56 Å². The normalized spacial score (nSPS) is 18.2. The van der Waals surface area contributed by atoms with E-state index in [9.17, 15) is 9.18 Å². The molecule has 0 radical (unpaired) electrons. The van der Waals surface area contributed by atoms with Crippen LogP contribution >= 0.6 is 0 Å². The summed E-state index contributed by atoms with van der Waals surface area (Å²) in [7, 11) is 0. The van der Waals surface area contributed by atoms with Gasteiger partial charge >= 0.3 is 0 Å². The molecule has 150 valence electrons. The van der Waals surface area contributed by atoms with Crippen molar-refractivity contribution in [1.29, 1.82) is 0 Å². The molecular formula is C24H25FN2O2. The zero-order chi connectivity index (χ0) is 19.8. The number of fused-ring (bicyclic) bond motifs is 1. The zero-order valence-electron chi connectivity index (χ0n) is 16.4. The third-order valence-corrected chi connectivity index (χ3v) is 6.10. The molecule has 0 atom stereocenters. The molecule has 2 aliphatic heterocycles. The highest BCUT2D eigenvalue weighted by Crippen LogP contribution is 2.33. The third-order valence-electron chi connectivity index (χ3n) is 6.10. The van der Waals surface area contributed by atoms with Gasteiger partial charge in [-0.05, 0) is 61.2 Å². The van der Waals surface area contributed by atoms with E-state index in [2.05, 4.69) is 21.9 Å². The maximum atomic E-state index is 14.8. The summed E-state index contributed by atoms with van der Waals surface area (Å²) in [5, 5.41) is 1.01. The van der Waals surface area contributed by atoms with Crippen LogP contribution in [0.2, 0.25) is 0 Å². The lowest BCUT2D eigenvalue weighted by atomic mass is 10.0. The fourth-order valence-corrected chi connectivity index (χ4v) is 4.45. The van der Waals surface area contributed by atoms with E-state index in [1.54, 1.807) is 12.1 Å². The van der Waals surface area contributed by atoms with Gasteiger partial charge in [-0.25, -0.2) is 4.39 Å². The number of benzene rings is 2. The number of furan rings is 1. The predicted octanol–water partition coefficient (Wildman–Crippen LogP) is 4.86. The van der Waals surface area contributed by atoms with Crippen molar-refractivity contribution < 1.29 is 13.6 Å². The summed E-state index contributed by atoms with van der Waals surface area (Å²) in [6.45, 7) is 4.38. The Morgan fingerprint density at radius 3 is 2.62 bits per heavy atom. The Kier molecular flexibility index (Phi) is 4.84. The molecule has 0 N–H and O–H groups in total. The maximum absolute atomic E-state index is 14.8. The van der Waals surface area contributed by atoms with E-state index in [-0.39, 0.29) is 11.7 Å². The molecule has 2 aliphatic rings. The van der Waals surface area contributed by atoms with Crippen LogP contribution in [0.4, 0.5) is 10.1 Å². The second kappa shape index (κ2) is 7.64. The topological polar surface area (TPSA) is 36.7 Å². The molecule has 0 bridgehead atoms. The van der Waals surface area contributed by atoms with Crippen LogP contribution in [0, 0.1) is 11.7 Å². The molecule has 0 unspecified atom stereocenters. The molecule has 3 aromatic rings. The minimum Gasteiger partial charge on any atom is -0.456 e. The summed E-state index contributed by atoms with van der Waals surface area (Å²) >= 11 is 0. The lowest BCUT2D eigenvalue weighted by Crippen LogP contribution is -2.46. The molecule has 0 amide bonds. The molecule has 3 heterocycles. The van der Waals surface area contributed by atoms with Gasteiger partial charge in [-0.3, -0.25) is 4.90 Å². The van der Waals surface area contributed by atoms with E-state index in [1.807, 2.05) is 18.2 Å². The van der Waals surface area contributed by atoms with Crippen LogP contribution in [0.3, 0.4) is 0 Å². The van der Waals surface area contributed by atoms with Crippen LogP contribution in [0.25, 0.3) is 22.3 Å². The van der Waals surface area contributed by atoms with E-state index >= 15 is 0 Å². The van der Waals surface area contributed by atoms with Gasteiger partial charge < -0.3 is 14.1 Å². The SMILES string of the molecule is O=CC1CN(Cc2ccc(-c3cc4cc(N5CCCCC5)ccc4o3)c(F)c2)C1. The summed E-state index contributed by atoms with van der Waals surface area (Å²) in [6.07, 6.45) is 4.77. The van der Waals surface area contributed by atoms with Crippen molar-refractivity contribution in [3.8, 4) is 11.3 Å². The fourth-order valence-electron chi connectivity index (χ4n) is 4.45. The van der Waals surface area contributed by atoms with Crippen LogP contribution in [0.15, 0.2) is 46.9 Å². The first-order chi connectivity index (χ1) is 14.2. The van der Waals surface area contributed by atoms with Crippen LogP contribution in [-0.4, -0.2) is 37.4 Å². The summed E-state index contributed by atoms with van der Waals surface area (Å²) in [4.78, 5) is 15.3. The number of aldehydes is 1. The molecule has 4 nitrogen and oxygen atoms in total. The number of anilines is 1. The monoisotopic (exact) mass is 392 g/mol. The second-order valence-corrected chi connectivity index (χ2v) is 8.28. The fraction of sp³-hybridized carbons (Fsp3) is 0.375. The molecule has 0 spiro atoms. The van der Waals surface area contributed by atoms with Crippen molar-refractivity contribution in [3.05, 3.63) is 53.8 Å². The molecule has 0 aliphatic carbocycles. The Morgan fingerprint density at radius 2 is 1.86 bits per heavy atom. The number of hydrogen-bond donors (Lipinski definition) is 0. The number of piperidine rings is 1. The number of rotatable bonds is 5. The molecule has 1 aromatic heterocycles. The summed E-state index contributed by atoms with van der Waals surface area (Å²) in [6, 6.07) is 13.5. The largest absolute Gasteiger partial charge is 0.456 e. The van der Waals surface area contributed by atoms with Gasteiger partial charge in [0, 0.05) is 49.7 Å². The van der Waals surface area contributed by atoms with Crippen LogP contribution in [-0.2, 0) is 11.3 Å². The Bertz CT molecular complexity index is 1030. The first-order valence-electron chi connectivity index (χ1n) is 10.4. The first-order valence-corrected chi connectivity index (χ1v) is 10.4.